The van der Waals surface area contributed by atoms with E-state index in [0.29, 0.717) is 0 Å². The molecule has 0 amide bonds. The van der Waals surface area contributed by atoms with Gasteiger partial charge in [0.1, 0.15) is 12.4 Å². The van der Waals surface area contributed by atoms with Crippen molar-refractivity contribution in [2.75, 3.05) is 39.3 Å². The molecule has 23 heavy (non-hydrogen) atoms. The van der Waals surface area contributed by atoms with Gasteiger partial charge < -0.3 is 15.0 Å². The summed E-state index contributed by atoms with van der Waals surface area (Å²) < 4.78 is 5.84. The number of piperazine rings is 1. The first-order valence-corrected chi connectivity index (χ1v) is 8.96. The molecule has 0 bridgehead atoms. The van der Waals surface area contributed by atoms with Crippen LogP contribution in [-0.4, -0.2) is 49.2 Å². The molecular weight excluding hydrogens is 286 g/mol. The summed E-state index contributed by atoms with van der Waals surface area (Å²) in [5.74, 6) is 0.949. The summed E-state index contributed by atoms with van der Waals surface area (Å²) in [4.78, 5) is 5.71. The fourth-order valence-electron chi connectivity index (χ4n) is 2.57. The molecule has 1 fully saturated rings. The van der Waals surface area contributed by atoms with Crippen molar-refractivity contribution in [1.29, 1.82) is 0 Å². The van der Waals surface area contributed by atoms with E-state index in [1.54, 1.807) is 0 Å². The molecule has 1 aliphatic rings. The smallest absolute Gasteiger partial charge is 0.121 e. The molecule has 1 aromatic carbocycles. The number of aromatic amines is 1. The Morgan fingerprint density at radius 2 is 1.78 bits per heavy atom. The van der Waals surface area contributed by atoms with Crippen LogP contribution in [0, 0.1) is 6.92 Å². The van der Waals surface area contributed by atoms with Crippen LogP contribution in [0.4, 0.5) is 0 Å². The average Bonchev–Trinajstić information content (AvgIpc) is 3.00. The highest BCUT2D eigenvalue weighted by Crippen LogP contribution is 2.22. The Bertz CT molecular complexity index is 545. The lowest BCUT2D eigenvalue weighted by atomic mass is 10.2. The number of benzene rings is 1. The third-order valence-electron chi connectivity index (χ3n) is 3.75. The average molecular weight is 319 g/mol. The number of rotatable bonds is 4. The number of H-pyrrole nitrogens is 1. The number of nitrogens with zero attached hydrogens (tertiary/aromatic N) is 1. The predicted molar refractivity (Wildman–Crippen MR) is 101 cm³/mol. The van der Waals surface area contributed by atoms with E-state index < -0.39 is 0 Å². The fourth-order valence-corrected chi connectivity index (χ4v) is 2.57. The summed E-state index contributed by atoms with van der Waals surface area (Å²) in [5.41, 5.74) is 2.43. The number of hydrogen-bond acceptors (Lipinski definition) is 3. The van der Waals surface area contributed by atoms with Crippen molar-refractivity contribution in [3.63, 3.8) is 0 Å². The predicted octanol–water partition coefficient (Wildman–Crippen LogP) is 3.81. The normalized spacial score (nSPS) is 14.5. The number of nitrogens with one attached hydrogen (secondary N) is 2. The van der Waals surface area contributed by atoms with E-state index in [-0.39, 0.29) is 0 Å². The molecule has 2 aromatic rings. The quantitative estimate of drug-likeness (QED) is 0.900. The summed E-state index contributed by atoms with van der Waals surface area (Å²) in [6.45, 7) is 16.3. The van der Waals surface area contributed by atoms with Crippen molar-refractivity contribution < 1.29 is 4.74 Å². The third-order valence-corrected chi connectivity index (χ3v) is 3.75. The summed E-state index contributed by atoms with van der Waals surface area (Å²) in [6, 6.07) is 6.27. The molecule has 2 N–H and O–H groups in total. The maximum absolute atomic E-state index is 5.84. The largest absolute Gasteiger partial charge is 0.492 e. The van der Waals surface area contributed by atoms with Gasteiger partial charge in [0.15, 0.2) is 0 Å². The summed E-state index contributed by atoms with van der Waals surface area (Å²) in [5, 5.41) is 4.63. The molecule has 130 valence electrons. The van der Waals surface area contributed by atoms with E-state index in [9.17, 15) is 0 Å². The van der Waals surface area contributed by atoms with E-state index in [2.05, 4.69) is 40.3 Å². The minimum absolute atomic E-state index is 0.755. The number of hydrogen-bond donors (Lipinski definition) is 2. The Hall–Kier alpha value is -1.52. The SMILES string of the molecule is CC.CC.Cc1c[nH]c2cc(OCCN3CCNCC3)ccc12. The van der Waals surface area contributed by atoms with Crippen molar-refractivity contribution in [1.82, 2.24) is 15.2 Å². The molecule has 1 aromatic heterocycles. The Labute approximate surface area is 141 Å². The van der Waals surface area contributed by atoms with E-state index >= 15 is 0 Å². The molecule has 0 radical (unpaired) electrons. The Morgan fingerprint density at radius 1 is 1.09 bits per heavy atom. The minimum atomic E-state index is 0.755. The lowest BCUT2D eigenvalue weighted by Crippen LogP contribution is -2.44. The highest BCUT2D eigenvalue weighted by Gasteiger charge is 2.09. The monoisotopic (exact) mass is 319 g/mol. The van der Waals surface area contributed by atoms with Crippen LogP contribution >= 0.6 is 0 Å². The molecular formula is C19H33N3O. The van der Waals surface area contributed by atoms with Gasteiger partial charge in [-0.05, 0) is 24.6 Å². The maximum Gasteiger partial charge on any atom is 0.121 e. The van der Waals surface area contributed by atoms with Gasteiger partial charge in [0.05, 0.1) is 0 Å². The number of aryl methyl sites for hydroxylation is 1. The van der Waals surface area contributed by atoms with Crippen LogP contribution in [0.2, 0.25) is 0 Å². The van der Waals surface area contributed by atoms with Gasteiger partial charge in [0.2, 0.25) is 0 Å². The summed E-state index contributed by atoms with van der Waals surface area (Å²) in [6.07, 6.45) is 2.04. The van der Waals surface area contributed by atoms with Gasteiger partial charge in [0, 0.05) is 55.9 Å². The van der Waals surface area contributed by atoms with Crippen LogP contribution < -0.4 is 10.1 Å². The molecule has 1 saturated heterocycles. The van der Waals surface area contributed by atoms with Gasteiger partial charge in [-0.25, -0.2) is 0 Å². The van der Waals surface area contributed by atoms with Gasteiger partial charge in [-0.1, -0.05) is 27.7 Å². The topological polar surface area (TPSA) is 40.3 Å². The molecule has 3 rings (SSSR count). The van der Waals surface area contributed by atoms with Gasteiger partial charge in [-0.3, -0.25) is 4.90 Å². The lowest BCUT2D eigenvalue weighted by molar-refractivity contribution is 0.191. The highest BCUT2D eigenvalue weighted by atomic mass is 16.5. The molecule has 4 heteroatoms. The van der Waals surface area contributed by atoms with E-state index in [1.807, 2.05) is 33.9 Å². The van der Waals surface area contributed by atoms with Crippen molar-refractivity contribution in [3.8, 4) is 5.75 Å². The number of fused-ring (bicyclic) bond motifs is 1. The molecule has 4 nitrogen and oxygen atoms in total. The van der Waals surface area contributed by atoms with Crippen LogP contribution in [0.5, 0.6) is 5.75 Å². The van der Waals surface area contributed by atoms with Gasteiger partial charge in [0.25, 0.3) is 0 Å². The standard InChI is InChI=1S/C15H21N3O.2C2H6/c1-12-11-17-15-10-13(2-3-14(12)15)19-9-8-18-6-4-16-5-7-18;2*1-2/h2-3,10-11,16-17H,4-9H2,1H3;2*1-2H3. The molecule has 0 atom stereocenters. The molecule has 0 saturated carbocycles. The molecule has 2 heterocycles. The van der Waals surface area contributed by atoms with E-state index in [0.717, 1.165) is 50.6 Å². The zero-order valence-corrected chi connectivity index (χ0v) is 15.4. The van der Waals surface area contributed by atoms with Crippen LogP contribution in [0.25, 0.3) is 10.9 Å². The molecule has 0 spiro atoms. The number of ether oxygens (including phenoxy) is 1. The third kappa shape index (κ3) is 5.88. The zero-order valence-electron chi connectivity index (χ0n) is 15.4. The number of aromatic nitrogens is 1. The van der Waals surface area contributed by atoms with Crippen LogP contribution in [0.1, 0.15) is 33.3 Å². The summed E-state index contributed by atoms with van der Waals surface area (Å²) >= 11 is 0. The Kier molecular flexibility index (Phi) is 9.41. The van der Waals surface area contributed by atoms with Crippen molar-refractivity contribution in [2.45, 2.75) is 34.6 Å². The molecule has 1 aliphatic heterocycles. The van der Waals surface area contributed by atoms with E-state index in [4.69, 9.17) is 4.74 Å². The highest BCUT2D eigenvalue weighted by molar-refractivity contribution is 5.84. The van der Waals surface area contributed by atoms with Gasteiger partial charge >= 0.3 is 0 Å². The second-order valence-electron chi connectivity index (χ2n) is 5.12. The lowest BCUT2D eigenvalue weighted by Gasteiger charge is -2.26. The second-order valence-corrected chi connectivity index (χ2v) is 5.12. The van der Waals surface area contributed by atoms with Crippen molar-refractivity contribution in [2.24, 2.45) is 0 Å². The first-order chi connectivity index (χ1) is 11.3. The van der Waals surface area contributed by atoms with Crippen LogP contribution in [0.15, 0.2) is 24.4 Å². The van der Waals surface area contributed by atoms with Crippen LogP contribution in [0.3, 0.4) is 0 Å². The second kappa shape index (κ2) is 11.1. The molecule has 0 aliphatic carbocycles. The first kappa shape index (κ1) is 19.5. The Morgan fingerprint density at radius 3 is 2.48 bits per heavy atom. The molecule has 0 unspecified atom stereocenters. The minimum Gasteiger partial charge on any atom is -0.492 e. The zero-order chi connectivity index (χ0) is 17.1. The first-order valence-electron chi connectivity index (χ1n) is 8.96. The van der Waals surface area contributed by atoms with Crippen molar-refractivity contribution >= 4 is 10.9 Å². The fraction of sp³-hybridized carbons (Fsp3) is 0.579. The van der Waals surface area contributed by atoms with Crippen molar-refractivity contribution in [3.05, 3.63) is 30.0 Å². The maximum atomic E-state index is 5.84. The van der Waals surface area contributed by atoms with Crippen LogP contribution in [-0.2, 0) is 0 Å². The summed E-state index contributed by atoms with van der Waals surface area (Å²) in [7, 11) is 0. The van der Waals surface area contributed by atoms with Gasteiger partial charge in [-0.15, -0.1) is 0 Å². The Balaban J connectivity index is 0.000000615. The van der Waals surface area contributed by atoms with E-state index in [1.165, 1.54) is 10.9 Å². The van der Waals surface area contributed by atoms with Gasteiger partial charge in [-0.2, -0.15) is 0 Å².